The Bertz CT molecular complexity index is 1940. The fraction of sp³-hybridized carbons (Fsp3) is 0.324. The molecule has 2 aromatic carbocycles. The standard InChI is InChI=1S/C34H34F2N8O3S/c1-17-26(32-43-28-25(48-32)12-13-37-27(28)19-10-11-19)31(44-33(40-17)38-16-20-21(35)8-5-9-22(20)36)41-23-14-24(30(46)29(23)45)42-34(47)39-15-18-6-3-2-4-7-18/h2-9,12-13,19,23-24,29-30,45-46H,10-11,14-16H2,1H3,(H2,39,42,47)(H2,38,40,41,44)/t23-,24+,29+,30-/m1/s1. The third kappa shape index (κ3) is 6.64. The molecule has 6 N–H and O–H groups in total. The first-order valence-electron chi connectivity index (χ1n) is 15.8. The number of benzene rings is 2. The Labute approximate surface area is 278 Å². The number of hydrogen-bond donors (Lipinski definition) is 6. The molecule has 2 aliphatic rings. The monoisotopic (exact) mass is 672 g/mol. The molecule has 2 saturated carbocycles. The number of aliphatic hydroxyl groups excluding tert-OH is 2. The third-order valence-electron chi connectivity index (χ3n) is 8.71. The van der Waals surface area contributed by atoms with E-state index in [0.29, 0.717) is 34.5 Å². The Morgan fingerprint density at radius 2 is 1.69 bits per heavy atom. The van der Waals surface area contributed by atoms with Crippen LogP contribution in [0.15, 0.2) is 60.8 Å². The molecule has 3 aromatic heterocycles. The minimum atomic E-state index is -1.26. The summed E-state index contributed by atoms with van der Waals surface area (Å²) in [6.07, 6.45) is 1.60. The van der Waals surface area contributed by atoms with E-state index < -0.39 is 42.0 Å². The van der Waals surface area contributed by atoms with Crippen molar-refractivity contribution in [2.24, 2.45) is 0 Å². The smallest absolute Gasteiger partial charge is 0.315 e. The number of rotatable bonds is 10. The van der Waals surface area contributed by atoms with Gasteiger partial charge in [-0.15, -0.1) is 11.3 Å². The average Bonchev–Trinajstić information content (AvgIpc) is 3.78. The summed E-state index contributed by atoms with van der Waals surface area (Å²) >= 11 is 1.46. The van der Waals surface area contributed by atoms with E-state index in [2.05, 4.69) is 36.2 Å². The molecule has 7 rings (SSSR count). The van der Waals surface area contributed by atoms with E-state index in [0.717, 1.165) is 34.3 Å². The molecule has 3 heterocycles. The number of halogens is 2. The van der Waals surface area contributed by atoms with Crippen molar-refractivity contribution in [1.82, 2.24) is 30.6 Å². The molecule has 0 spiro atoms. The molecule has 2 amide bonds. The molecule has 248 valence electrons. The molecule has 4 atom stereocenters. The highest BCUT2D eigenvalue weighted by Gasteiger charge is 2.43. The number of pyridine rings is 1. The van der Waals surface area contributed by atoms with E-state index >= 15 is 0 Å². The van der Waals surface area contributed by atoms with Crippen LogP contribution in [0.25, 0.3) is 20.8 Å². The molecule has 0 aliphatic heterocycles. The molecule has 0 saturated heterocycles. The molecule has 14 heteroatoms. The first-order chi connectivity index (χ1) is 23.2. The van der Waals surface area contributed by atoms with Gasteiger partial charge in [-0.05, 0) is 49.9 Å². The zero-order valence-corrected chi connectivity index (χ0v) is 26.8. The molecule has 11 nitrogen and oxygen atoms in total. The van der Waals surface area contributed by atoms with Crippen molar-refractivity contribution >= 4 is 39.4 Å². The molecule has 48 heavy (non-hydrogen) atoms. The van der Waals surface area contributed by atoms with Crippen molar-refractivity contribution in [2.45, 2.75) is 69.5 Å². The Morgan fingerprint density at radius 1 is 0.938 bits per heavy atom. The van der Waals surface area contributed by atoms with Crippen molar-refractivity contribution in [3.05, 3.63) is 94.9 Å². The second-order valence-electron chi connectivity index (χ2n) is 12.1. The van der Waals surface area contributed by atoms with Gasteiger partial charge in [0.05, 0.1) is 33.7 Å². The lowest BCUT2D eigenvalue weighted by molar-refractivity contribution is 0.0281. The van der Waals surface area contributed by atoms with Gasteiger partial charge >= 0.3 is 6.03 Å². The number of carbonyl (C=O) groups excluding carboxylic acids is 1. The van der Waals surface area contributed by atoms with Crippen LogP contribution >= 0.6 is 11.3 Å². The van der Waals surface area contributed by atoms with E-state index in [1.807, 2.05) is 36.4 Å². The lowest BCUT2D eigenvalue weighted by Gasteiger charge is -2.21. The van der Waals surface area contributed by atoms with E-state index in [4.69, 9.17) is 4.98 Å². The minimum Gasteiger partial charge on any atom is -0.388 e. The van der Waals surface area contributed by atoms with Gasteiger partial charge in [-0.3, -0.25) is 4.98 Å². The Kier molecular flexibility index (Phi) is 8.86. The first kappa shape index (κ1) is 31.8. The van der Waals surface area contributed by atoms with Crippen molar-refractivity contribution < 1.29 is 23.8 Å². The number of hydrogen-bond acceptors (Lipinski definition) is 10. The molecule has 0 bridgehead atoms. The zero-order valence-electron chi connectivity index (χ0n) is 26.0. The van der Waals surface area contributed by atoms with Crippen LogP contribution in [0, 0.1) is 18.6 Å². The Morgan fingerprint density at radius 3 is 2.44 bits per heavy atom. The highest BCUT2D eigenvalue weighted by molar-refractivity contribution is 7.21. The number of fused-ring (bicyclic) bond motifs is 1. The van der Waals surface area contributed by atoms with Gasteiger partial charge < -0.3 is 31.5 Å². The van der Waals surface area contributed by atoms with Gasteiger partial charge in [0, 0.05) is 30.8 Å². The molecule has 2 fully saturated rings. The molecular formula is C34H34F2N8O3S. The van der Waals surface area contributed by atoms with Crippen LogP contribution < -0.4 is 21.3 Å². The Balaban J connectivity index is 1.16. The van der Waals surface area contributed by atoms with Gasteiger partial charge in [0.1, 0.15) is 40.2 Å². The van der Waals surface area contributed by atoms with Crippen LogP contribution in [0.4, 0.5) is 25.3 Å². The van der Waals surface area contributed by atoms with Crippen molar-refractivity contribution in [1.29, 1.82) is 0 Å². The molecule has 0 radical (unpaired) electrons. The molecule has 2 aliphatic carbocycles. The van der Waals surface area contributed by atoms with Crippen LogP contribution in [0.2, 0.25) is 0 Å². The number of nitrogens with one attached hydrogen (secondary N) is 4. The van der Waals surface area contributed by atoms with E-state index in [1.165, 1.54) is 29.5 Å². The van der Waals surface area contributed by atoms with E-state index in [1.54, 1.807) is 13.1 Å². The number of carbonyl (C=O) groups is 1. The number of aryl methyl sites for hydroxylation is 1. The SMILES string of the molecule is Cc1nc(NCc2c(F)cccc2F)nc(N[C@@H]2C[C@H](NC(=O)NCc3ccccc3)[C@@H](O)[C@H]2O)c1-c1nc2c(C3CC3)nccc2s1. The summed E-state index contributed by atoms with van der Waals surface area (Å²) in [6.45, 7) is 1.88. The van der Waals surface area contributed by atoms with Crippen LogP contribution in [0.5, 0.6) is 0 Å². The van der Waals surface area contributed by atoms with E-state index in [9.17, 15) is 23.8 Å². The minimum absolute atomic E-state index is 0.103. The topological polar surface area (TPSA) is 157 Å². The van der Waals surface area contributed by atoms with Gasteiger partial charge in [-0.25, -0.2) is 23.5 Å². The predicted molar refractivity (Wildman–Crippen MR) is 178 cm³/mol. The fourth-order valence-corrected chi connectivity index (χ4v) is 7.08. The van der Waals surface area contributed by atoms with Crippen LogP contribution in [-0.4, -0.2) is 60.5 Å². The molecule has 5 aromatic rings. The lowest BCUT2D eigenvalue weighted by Crippen LogP contribution is -2.47. The second kappa shape index (κ2) is 13.4. The normalized spacial score (nSPS) is 20.5. The predicted octanol–water partition coefficient (Wildman–Crippen LogP) is 5.00. The first-order valence-corrected chi connectivity index (χ1v) is 16.6. The number of anilines is 2. The number of thiazole rings is 1. The van der Waals surface area contributed by atoms with Gasteiger partial charge in [-0.1, -0.05) is 36.4 Å². The summed E-state index contributed by atoms with van der Waals surface area (Å²) < 4.78 is 29.7. The van der Waals surface area contributed by atoms with Gasteiger partial charge in [-0.2, -0.15) is 4.98 Å². The highest BCUT2D eigenvalue weighted by atomic mass is 32.1. The number of amides is 2. The van der Waals surface area contributed by atoms with Gasteiger partial charge in [0.15, 0.2) is 0 Å². The highest BCUT2D eigenvalue weighted by Crippen LogP contribution is 2.44. The second-order valence-corrected chi connectivity index (χ2v) is 13.2. The average molecular weight is 673 g/mol. The largest absolute Gasteiger partial charge is 0.388 e. The molecule has 0 unspecified atom stereocenters. The maximum atomic E-state index is 14.4. The van der Waals surface area contributed by atoms with E-state index in [-0.39, 0.29) is 24.5 Å². The zero-order chi connectivity index (χ0) is 33.4. The number of urea groups is 1. The summed E-state index contributed by atoms with van der Waals surface area (Å²) in [5, 5.41) is 34.4. The summed E-state index contributed by atoms with van der Waals surface area (Å²) in [7, 11) is 0. The van der Waals surface area contributed by atoms with Crippen molar-refractivity contribution in [2.75, 3.05) is 10.6 Å². The number of aromatic nitrogens is 4. The Hall–Kier alpha value is -4.79. The summed E-state index contributed by atoms with van der Waals surface area (Å²) in [5.74, 6) is -0.597. The van der Waals surface area contributed by atoms with Crippen molar-refractivity contribution in [3.8, 4) is 10.6 Å². The van der Waals surface area contributed by atoms with Crippen LogP contribution in [-0.2, 0) is 13.1 Å². The van der Waals surface area contributed by atoms with Crippen LogP contribution in [0.3, 0.4) is 0 Å². The maximum Gasteiger partial charge on any atom is 0.315 e. The lowest BCUT2D eigenvalue weighted by atomic mass is 10.1. The van der Waals surface area contributed by atoms with Crippen LogP contribution in [0.1, 0.15) is 47.7 Å². The summed E-state index contributed by atoms with van der Waals surface area (Å²) in [6, 6.07) is 13.0. The fourth-order valence-electron chi connectivity index (χ4n) is 6.01. The quantitative estimate of drug-likeness (QED) is 0.120. The summed E-state index contributed by atoms with van der Waals surface area (Å²) in [5.41, 5.74) is 3.67. The maximum absolute atomic E-state index is 14.4. The van der Waals surface area contributed by atoms with Crippen molar-refractivity contribution in [3.63, 3.8) is 0 Å². The van der Waals surface area contributed by atoms with Gasteiger partial charge in [0.25, 0.3) is 0 Å². The molecular weight excluding hydrogens is 638 g/mol. The van der Waals surface area contributed by atoms with Gasteiger partial charge in [0.2, 0.25) is 5.95 Å². The number of aliphatic hydroxyl groups is 2. The third-order valence-corrected chi connectivity index (χ3v) is 9.74. The summed E-state index contributed by atoms with van der Waals surface area (Å²) in [4.78, 5) is 31.5. The number of nitrogens with zero attached hydrogens (tertiary/aromatic N) is 4.